The minimum absolute atomic E-state index is 0.402. The summed E-state index contributed by atoms with van der Waals surface area (Å²) in [4.78, 5) is 15.9. The number of pyridine rings is 1. The van der Waals surface area contributed by atoms with Crippen LogP contribution in [-0.4, -0.2) is 22.7 Å². The van der Waals surface area contributed by atoms with E-state index in [4.69, 9.17) is 4.74 Å². The Hall–Kier alpha value is -2.36. The Morgan fingerprint density at radius 2 is 2.05 bits per heavy atom. The van der Waals surface area contributed by atoms with Crippen LogP contribution in [0.15, 0.2) is 42.6 Å². The van der Waals surface area contributed by atoms with Gasteiger partial charge in [-0.15, -0.1) is 0 Å². The third kappa shape index (κ3) is 3.60. The second-order valence-corrected chi connectivity index (χ2v) is 4.84. The quantitative estimate of drug-likeness (QED) is 0.885. The zero-order valence-corrected chi connectivity index (χ0v) is 12.2. The van der Waals surface area contributed by atoms with Gasteiger partial charge in [-0.25, -0.2) is 0 Å². The van der Waals surface area contributed by atoms with Crippen LogP contribution >= 0.6 is 0 Å². The van der Waals surface area contributed by atoms with E-state index in [9.17, 15) is 9.90 Å². The van der Waals surface area contributed by atoms with E-state index in [1.807, 2.05) is 38.1 Å². The number of carboxylic acid groups (broad SMARTS) is 1. The largest absolute Gasteiger partial charge is 0.492 e. The molecule has 1 N–H and O–H groups in total. The topological polar surface area (TPSA) is 59.4 Å². The first-order valence-electron chi connectivity index (χ1n) is 6.98. The van der Waals surface area contributed by atoms with Gasteiger partial charge in [0.05, 0.1) is 12.3 Å². The summed E-state index contributed by atoms with van der Waals surface area (Å²) in [6.45, 7) is 4.33. The Balaban J connectivity index is 2.36. The zero-order chi connectivity index (χ0) is 15.2. The number of ether oxygens (including phenoxy) is 1. The molecule has 1 atom stereocenters. The van der Waals surface area contributed by atoms with Gasteiger partial charge in [-0.1, -0.05) is 24.3 Å². The van der Waals surface area contributed by atoms with Crippen LogP contribution in [0.5, 0.6) is 5.75 Å². The SMILES string of the molecule is CCOc1cccnc1C(Cc1ccccc1C)C(=O)O. The number of carbonyl (C=O) groups is 1. The number of carboxylic acids is 1. The van der Waals surface area contributed by atoms with E-state index in [2.05, 4.69) is 4.98 Å². The van der Waals surface area contributed by atoms with E-state index in [-0.39, 0.29) is 0 Å². The Kier molecular flexibility index (Phi) is 4.93. The maximum Gasteiger partial charge on any atom is 0.313 e. The lowest BCUT2D eigenvalue weighted by Gasteiger charge is -2.16. The fraction of sp³-hybridized carbons (Fsp3) is 0.294. The number of aliphatic carboxylic acids is 1. The molecule has 2 aromatic rings. The summed E-state index contributed by atoms with van der Waals surface area (Å²) < 4.78 is 5.51. The van der Waals surface area contributed by atoms with Crippen molar-refractivity contribution in [1.82, 2.24) is 4.98 Å². The molecule has 1 unspecified atom stereocenters. The molecule has 110 valence electrons. The van der Waals surface area contributed by atoms with Crippen molar-refractivity contribution in [3.8, 4) is 5.75 Å². The Morgan fingerprint density at radius 1 is 1.29 bits per heavy atom. The highest BCUT2D eigenvalue weighted by Gasteiger charge is 2.25. The van der Waals surface area contributed by atoms with Gasteiger partial charge in [-0.05, 0) is 43.5 Å². The summed E-state index contributed by atoms with van der Waals surface area (Å²) >= 11 is 0. The minimum Gasteiger partial charge on any atom is -0.492 e. The van der Waals surface area contributed by atoms with Crippen LogP contribution in [-0.2, 0) is 11.2 Å². The van der Waals surface area contributed by atoms with Crippen molar-refractivity contribution in [3.63, 3.8) is 0 Å². The van der Waals surface area contributed by atoms with Crippen molar-refractivity contribution < 1.29 is 14.6 Å². The van der Waals surface area contributed by atoms with Crippen LogP contribution < -0.4 is 4.74 Å². The zero-order valence-electron chi connectivity index (χ0n) is 12.2. The second-order valence-electron chi connectivity index (χ2n) is 4.84. The molecule has 4 heteroatoms. The maximum absolute atomic E-state index is 11.7. The van der Waals surface area contributed by atoms with E-state index < -0.39 is 11.9 Å². The lowest BCUT2D eigenvalue weighted by atomic mass is 9.93. The molecule has 1 aromatic heterocycles. The third-order valence-corrected chi connectivity index (χ3v) is 3.41. The molecule has 2 rings (SSSR count). The number of rotatable bonds is 6. The lowest BCUT2D eigenvalue weighted by Crippen LogP contribution is -2.17. The van der Waals surface area contributed by atoms with Gasteiger partial charge >= 0.3 is 5.97 Å². The molecule has 0 aliphatic carbocycles. The van der Waals surface area contributed by atoms with Gasteiger partial charge in [-0.3, -0.25) is 9.78 Å². The molecule has 0 bridgehead atoms. The molecular formula is C17H19NO3. The summed E-state index contributed by atoms with van der Waals surface area (Å²) in [5.41, 5.74) is 2.57. The molecule has 0 saturated heterocycles. The molecule has 1 heterocycles. The average molecular weight is 285 g/mol. The molecule has 21 heavy (non-hydrogen) atoms. The van der Waals surface area contributed by atoms with Gasteiger partial charge in [-0.2, -0.15) is 0 Å². The number of benzene rings is 1. The van der Waals surface area contributed by atoms with Gasteiger partial charge in [0, 0.05) is 6.20 Å². The Bertz CT molecular complexity index is 625. The van der Waals surface area contributed by atoms with Crippen LogP contribution in [0.25, 0.3) is 0 Å². The van der Waals surface area contributed by atoms with Crippen LogP contribution in [0.1, 0.15) is 29.7 Å². The third-order valence-electron chi connectivity index (χ3n) is 3.41. The van der Waals surface area contributed by atoms with E-state index in [1.54, 1.807) is 18.3 Å². The monoisotopic (exact) mass is 285 g/mol. The van der Waals surface area contributed by atoms with Gasteiger partial charge in [0.2, 0.25) is 0 Å². The minimum atomic E-state index is -0.891. The summed E-state index contributed by atoms with van der Waals surface area (Å²) in [5.74, 6) is -1.06. The summed E-state index contributed by atoms with van der Waals surface area (Å²) in [5, 5.41) is 9.58. The number of hydrogen-bond acceptors (Lipinski definition) is 3. The standard InChI is InChI=1S/C17H19NO3/c1-3-21-15-9-6-10-18-16(15)14(17(19)20)11-13-8-5-4-7-12(13)2/h4-10,14H,3,11H2,1-2H3,(H,19,20). The van der Waals surface area contributed by atoms with Gasteiger partial charge in [0.15, 0.2) is 0 Å². The summed E-state index contributed by atoms with van der Waals surface area (Å²) in [6, 6.07) is 11.3. The van der Waals surface area contributed by atoms with Crippen molar-refractivity contribution in [3.05, 3.63) is 59.4 Å². The number of aryl methyl sites for hydroxylation is 1. The molecule has 0 fully saturated rings. The first-order chi connectivity index (χ1) is 10.1. The number of nitrogens with zero attached hydrogens (tertiary/aromatic N) is 1. The molecule has 0 radical (unpaired) electrons. The van der Waals surface area contributed by atoms with E-state index in [0.717, 1.165) is 11.1 Å². The average Bonchev–Trinajstić information content (AvgIpc) is 2.47. The second kappa shape index (κ2) is 6.88. The molecule has 0 spiro atoms. The van der Waals surface area contributed by atoms with E-state index in [0.29, 0.717) is 24.5 Å². The van der Waals surface area contributed by atoms with Crippen LogP contribution in [0, 0.1) is 6.92 Å². The highest BCUT2D eigenvalue weighted by Crippen LogP contribution is 2.28. The van der Waals surface area contributed by atoms with Crippen molar-refractivity contribution >= 4 is 5.97 Å². The molecular weight excluding hydrogens is 266 g/mol. The summed E-state index contributed by atoms with van der Waals surface area (Å²) in [6.07, 6.45) is 2.00. The molecule has 0 aliphatic heterocycles. The number of aromatic nitrogens is 1. The normalized spacial score (nSPS) is 11.9. The molecule has 0 saturated carbocycles. The maximum atomic E-state index is 11.7. The Labute approximate surface area is 124 Å². The number of hydrogen-bond donors (Lipinski definition) is 1. The van der Waals surface area contributed by atoms with E-state index in [1.165, 1.54) is 0 Å². The smallest absolute Gasteiger partial charge is 0.313 e. The fourth-order valence-electron chi connectivity index (χ4n) is 2.30. The van der Waals surface area contributed by atoms with Crippen LogP contribution in [0.3, 0.4) is 0 Å². The predicted octanol–water partition coefficient (Wildman–Crippen LogP) is 3.20. The van der Waals surface area contributed by atoms with Crippen molar-refractivity contribution in [2.45, 2.75) is 26.2 Å². The molecule has 0 aliphatic rings. The van der Waals surface area contributed by atoms with Crippen LogP contribution in [0.2, 0.25) is 0 Å². The predicted molar refractivity (Wildman–Crippen MR) is 80.7 cm³/mol. The van der Waals surface area contributed by atoms with Gasteiger partial charge in [0.25, 0.3) is 0 Å². The van der Waals surface area contributed by atoms with Gasteiger partial charge in [0.1, 0.15) is 11.7 Å². The van der Waals surface area contributed by atoms with Gasteiger partial charge < -0.3 is 9.84 Å². The highest BCUT2D eigenvalue weighted by molar-refractivity contribution is 5.77. The molecule has 0 amide bonds. The Morgan fingerprint density at radius 3 is 2.71 bits per heavy atom. The molecule has 4 nitrogen and oxygen atoms in total. The highest BCUT2D eigenvalue weighted by atomic mass is 16.5. The fourth-order valence-corrected chi connectivity index (χ4v) is 2.30. The molecule has 1 aromatic carbocycles. The summed E-state index contributed by atoms with van der Waals surface area (Å²) in [7, 11) is 0. The van der Waals surface area contributed by atoms with Crippen molar-refractivity contribution in [1.29, 1.82) is 0 Å². The first kappa shape index (κ1) is 15.0. The lowest BCUT2D eigenvalue weighted by molar-refractivity contribution is -0.138. The van der Waals surface area contributed by atoms with E-state index >= 15 is 0 Å². The van der Waals surface area contributed by atoms with Crippen LogP contribution in [0.4, 0.5) is 0 Å². The first-order valence-corrected chi connectivity index (χ1v) is 6.98. The van der Waals surface area contributed by atoms with Crippen molar-refractivity contribution in [2.75, 3.05) is 6.61 Å². The van der Waals surface area contributed by atoms with Crippen molar-refractivity contribution in [2.24, 2.45) is 0 Å².